The summed E-state index contributed by atoms with van der Waals surface area (Å²) >= 11 is 9.54. The zero-order chi connectivity index (χ0) is 17.4. The molecule has 1 N–H and O–H groups in total. The molecule has 0 spiro atoms. The second kappa shape index (κ2) is 6.50. The highest BCUT2D eigenvalue weighted by molar-refractivity contribution is 9.10. The summed E-state index contributed by atoms with van der Waals surface area (Å²) in [7, 11) is 0. The van der Waals surface area contributed by atoms with Gasteiger partial charge in [-0.25, -0.2) is 9.37 Å². The van der Waals surface area contributed by atoms with Gasteiger partial charge in [-0.3, -0.25) is 4.57 Å². The second-order valence-electron chi connectivity index (χ2n) is 5.52. The monoisotopic (exact) mass is 415 g/mol. The van der Waals surface area contributed by atoms with E-state index < -0.39 is 0 Å². The molecule has 0 bridgehead atoms. The molecule has 124 valence electrons. The molecule has 0 unspecified atom stereocenters. The van der Waals surface area contributed by atoms with Gasteiger partial charge in [-0.05, 0) is 60.7 Å². The summed E-state index contributed by atoms with van der Waals surface area (Å²) in [5, 5.41) is 3.93. The van der Waals surface area contributed by atoms with Crippen molar-refractivity contribution in [3.63, 3.8) is 0 Å². The molecule has 0 aliphatic rings. The van der Waals surface area contributed by atoms with Gasteiger partial charge in [0.2, 0.25) is 5.95 Å². The van der Waals surface area contributed by atoms with Crippen molar-refractivity contribution in [3.8, 4) is 5.69 Å². The van der Waals surface area contributed by atoms with Crippen LogP contribution in [0, 0.1) is 5.82 Å². The van der Waals surface area contributed by atoms with Crippen LogP contribution in [-0.4, -0.2) is 9.55 Å². The third-order valence-corrected chi connectivity index (χ3v) is 4.51. The average Bonchev–Trinajstić information content (AvgIpc) is 2.92. The van der Waals surface area contributed by atoms with Crippen LogP contribution in [0.5, 0.6) is 0 Å². The molecule has 3 aromatic carbocycles. The molecule has 4 aromatic rings. The van der Waals surface area contributed by atoms with Gasteiger partial charge >= 0.3 is 0 Å². The Hall–Kier alpha value is -2.37. The molecule has 0 saturated heterocycles. The summed E-state index contributed by atoms with van der Waals surface area (Å²) in [4.78, 5) is 4.68. The van der Waals surface area contributed by atoms with E-state index in [4.69, 9.17) is 11.6 Å². The number of imidazole rings is 1. The minimum absolute atomic E-state index is 0.278. The number of hydrogen-bond acceptors (Lipinski definition) is 2. The fourth-order valence-electron chi connectivity index (χ4n) is 2.68. The average molecular weight is 417 g/mol. The highest BCUT2D eigenvalue weighted by Gasteiger charge is 2.13. The Morgan fingerprint density at radius 3 is 2.56 bits per heavy atom. The topological polar surface area (TPSA) is 29.9 Å². The van der Waals surface area contributed by atoms with Crippen LogP contribution in [0.25, 0.3) is 16.7 Å². The van der Waals surface area contributed by atoms with Gasteiger partial charge < -0.3 is 5.32 Å². The predicted octanol–water partition coefficient (Wildman–Crippen LogP) is 6.32. The van der Waals surface area contributed by atoms with E-state index in [-0.39, 0.29) is 5.82 Å². The molecule has 0 aliphatic carbocycles. The minimum atomic E-state index is -0.278. The van der Waals surface area contributed by atoms with Crippen LogP contribution in [-0.2, 0) is 0 Å². The highest BCUT2D eigenvalue weighted by atomic mass is 79.9. The molecule has 1 aromatic heterocycles. The Balaban J connectivity index is 1.90. The van der Waals surface area contributed by atoms with E-state index in [9.17, 15) is 4.39 Å². The lowest BCUT2D eigenvalue weighted by atomic mass is 10.2. The Morgan fingerprint density at radius 1 is 1.00 bits per heavy atom. The number of fused-ring (bicyclic) bond motifs is 1. The number of halogens is 3. The molecule has 6 heteroatoms. The molecule has 3 nitrogen and oxygen atoms in total. The van der Waals surface area contributed by atoms with Crippen molar-refractivity contribution in [1.29, 1.82) is 0 Å². The highest BCUT2D eigenvalue weighted by Crippen LogP contribution is 2.29. The van der Waals surface area contributed by atoms with Crippen molar-refractivity contribution in [2.24, 2.45) is 0 Å². The number of benzene rings is 3. The van der Waals surface area contributed by atoms with Crippen molar-refractivity contribution < 1.29 is 4.39 Å². The quantitative estimate of drug-likeness (QED) is 0.423. The van der Waals surface area contributed by atoms with E-state index >= 15 is 0 Å². The summed E-state index contributed by atoms with van der Waals surface area (Å²) in [6.45, 7) is 0. The van der Waals surface area contributed by atoms with Crippen molar-refractivity contribution in [3.05, 3.63) is 82.0 Å². The summed E-state index contributed by atoms with van der Waals surface area (Å²) in [6.07, 6.45) is 0. The van der Waals surface area contributed by atoms with Gasteiger partial charge in [0.05, 0.1) is 11.0 Å². The van der Waals surface area contributed by atoms with Gasteiger partial charge in [-0.15, -0.1) is 0 Å². The third-order valence-electron chi connectivity index (χ3n) is 3.78. The molecule has 4 rings (SSSR count). The maximum Gasteiger partial charge on any atom is 0.213 e. The Bertz CT molecular complexity index is 1060. The SMILES string of the molecule is Fc1ccc(-n2c(Nc3cccc(Cl)c3)nc3cc(Br)ccc32)cc1. The first kappa shape index (κ1) is 16.1. The minimum Gasteiger partial charge on any atom is -0.325 e. The number of rotatable bonds is 3. The first-order valence-corrected chi connectivity index (χ1v) is 8.74. The predicted molar refractivity (Wildman–Crippen MR) is 103 cm³/mol. The molecular weight excluding hydrogens is 405 g/mol. The van der Waals surface area contributed by atoms with E-state index in [1.807, 2.05) is 47.0 Å². The molecule has 0 fully saturated rings. The number of nitrogens with one attached hydrogen (secondary N) is 1. The van der Waals surface area contributed by atoms with E-state index in [1.165, 1.54) is 12.1 Å². The van der Waals surface area contributed by atoms with Crippen LogP contribution < -0.4 is 5.32 Å². The van der Waals surface area contributed by atoms with Gasteiger partial charge in [-0.2, -0.15) is 0 Å². The lowest BCUT2D eigenvalue weighted by molar-refractivity contribution is 0.627. The van der Waals surface area contributed by atoms with E-state index in [2.05, 4.69) is 26.2 Å². The van der Waals surface area contributed by atoms with Crippen LogP contribution in [0.4, 0.5) is 16.0 Å². The zero-order valence-corrected chi connectivity index (χ0v) is 15.2. The van der Waals surface area contributed by atoms with E-state index in [1.54, 1.807) is 12.1 Å². The number of anilines is 2. The largest absolute Gasteiger partial charge is 0.325 e. The van der Waals surface area contributed by atoms with Gasteiger partial charge in [-0.1, -0.05) is 33.6 Å². The van der Waals surface area contributed by atoms with Crippen molar-refractivity contribution in [2.75, 3.05) is 5.32 Å². The molecule has 1 heterocycles. The fraction of sp³-hybridized carbons (Fsp3) is 0. The fourth-order valence-corrected chi connectivity index (χ4v) is 3.22. The van der Waals surface area contributed by atoms with Gasteiger partial charge in [0.1, 0.15) is 5.82 Å². The molecular formula is C19H12BrClFN3. The maximum absolute atomic E-state index is 13.3. The van der Waals surface area contributed by atoms with E-state index in [0.29, 0.717) is 11.0 Å². The molecule has 0 amide bonds. The number of nitrogens with zero attached hydrogens (tertiary/aromatic N) is 2. The van der Waals surface area contributed by atoms with Gasteiger partial charge in [0.25, 0.3) is 0 Å². The van der Waals surface area contributed by atoms with Crippen LogP contribution in [0.2, 0.25) is 5.02 Å². The molecule has 0 radical (unpaired) electrons. The smallest absolute Gasteiger partial charge is 0.213 e. The molecule has 25 heavy (non-hydrogen) atoms. The maximum atomic E-state index is 13.3. The Kier molecular flexibility index (Phi) is 4.19. The first-order valence-electron chi connectivity index (χ1n) is 7.57. The molecule has 0 aliphatic heterocycles. The van der Waals surface area contributed by atoms with Crippen molar-refractivity contribution >= 4 is 50.2 Å². The van der Waals surface area contributed by atoms with Crippen LogP contribution >= 0.6 is 27.5 Å². The second-order valence-corrected chi connectivity index (χ2v) is 6.87. The van der Waals surface area contributed by atoms with E-state index in [0.717, 1.165) is 26.9 Å². The Morgan fingerprint density at radius 2 is 1.80 bits per heavy atom. The van der Waals surface area contributed by atoms with Crippen LogP contribution in [0.3, 0.4) is 0 Å². The van der Waals surface area contributed by atoms with Gasteiger partial charge in [0, 0.05) is 20.9 Å². The van der Waals surface area contributed by atoms with Crippen molar-refractivity contribution in [2.45, 2.75) is 0 Å². The van der Waals surface area contributed by atoms with Crippen molar-refractivity contribution in [1.82, 2.24) is 9.55 Å². The summed E-state index contributed by atoms with van der Waals surface area (Å²) in [5.74, 6) is 0.349. The lowest BCUT2D eigenvalue weighted by Crippen LogP contribution is -2.02. The standard InChI is InChI=1S/C19H12BrClFN3/c20-12-4-9-18-17(10-12)24-19(23-15-3-1-2-13(21)11-15)25(18)16-7-5-14(22)6-8-16/h1-11H,(H,23,24). The molecule has 0 saturated carbocycles. The summed E-state index contributed by atoms with van der Waals surface area (Å²) in [6, 6.07) is 19.6. The number of hydrogen-bond donors (Lipinski definition) is 1. The number of aromatic nitrogens is 2. The van der Waals surface area contributed by atoms with Gasteiger partial charge in [0.15, 0.2) is 0 Å². The first-order chi connectivity index (χ1) is 12.1. The lowest BCUT2D eigenvalue weighted by Gasteiger charge is -2.11. The molecule has 0 atom stereocenters. The third kappa shape index (κ3) is 3.25. The normalized spacial score (nSPS) is 11.0. The summed E-state index contributed by atoms with van der Waals surface area (Å²) < 4.78 is 16.2. The Labute approximate surface area is 157 Å². The van der Waals surface area contributed by atoms with Crippen LogP contribution in [0.15, 0.2) is 71.2 Å². The zero-order valence-electron chi connectivity index (χ0n) is 12.9. The summed E-state index contributed by atoms with van der Waals surface area (Å²) in [5.41, 5.74) is 3.38. The van der Waals surface area contributed by atoms with Crippen LogP contribution in [0.1, 0.15) is 0 Å².